The normalized spacial score (nSPS) is 10.2. The van der Waals surface area contributed by atoms with Crippen molar-refractivity contribution in [2.24, 2.45) is 0 Å². The fourth-order valence-corrected chi connectivity index (χ4v) is 2.04. The summed E-state index contributed by atoms with van der Waals surface area (Å²) in [4.78, 5) is 16.1. The zero-order chi connectivity index (χ0) is 15.2. The van der Waals surface area contributed by atoms with Crippen molar-refractivity contribution in [3.8, 4) is 0 Å². The molecule has 0 aliphatic rings. The molecule has 2 aromatic rings. The van der Waals surface area contributed by atoms with Gasteiger partial charge in [0.2, 0.25) is 0 Å². The first-order chi connectivity index (χ1) is 10.1. The Balaban J connectivity index is 2.15. The highest BCUT2D eigenvalue weighted by molar-refractivity contribution is 9.10. The van der Waals surface area contributed by atoms with Gasteiger partial charge in [-0.05, 0) is 30.7 Å². The molecule has 6 heteroatoms. The summed E-state index contributed by atoms with van der Waals surface area (Å²) >= 11 is 3.39. The van der Waals surface area contributed by atoms with E-state index in [1.807, 2.05) is 24.3 Å². The van der Waals surface area contributed by atoms with Crippen LogP contribution in [-0.2, 0) is 11.3 Å². The number of carbonyl (C=O) groups excluding carboxylic acids is 1. The average molecular weight is 350 g/mol. The number of aromatic nitrogens is 1. The molecule has 3 N–H and O–H groups in total. The number of esters is 1. The molecule has 110 valence electrons. The third-order valence-corrected chi connectivity index (χ3v) is 3.31. The summed E-state index contributed by atoms with van der Waals surface area (Å²) in [5.41, 5.74) is 7.52. The highest BCUT2D eigenvalue weighted by Crippen LogP contribution is 2.18. The van der Waals surface area contributed by atoms with Gasteiger partial charge < -0.3 is 15.8 Å². The highest BCUT2D eigenvalue weighted by Gasteiger charge is 2.14. The molecule has 0 saturated carbocycles. The maximum atomic E-state index is 11.9. The van der Waals surface area contributed by atoms with Crippen molar-refractivity contribution in [1.82, 2.24) is 4.98 Å². The van der Waals surface area contributed by atoms with Crippen LogP contribution in [0.2, 0.25) is 0 Å². The van der Waals surface area contributed by atoms with Crippen molar-refractivity contribution < 1.29 is 9.53 Å². The molecule has 21 heavy (non-hydrogen) atoms. The number of benzene rings is 1. The van der Waals surface area contributed by atoms with E-state index in [-0.39, 0.29) is 0 Å². The Morgan fingerprint density at radius 2 is 2.10 bits per heavy atom. The van der Waals surface area contributed by atoms with Crippen LogP contribution in [0.5, 0.6) is 0 Å². The number of halogens is 1. The standard InChI is InChI=1S/C15H16BrN3O2/c1-2-21-15(20)13-7-12(17)9-19-14(13)18-8-10-3-5-11(16)6-4-10/h3-7,9H,2,8,17H2,1H3,(H,18,19). The van der Waals surface area contributed by atoms with E-state index >= 15 is 0 Å². The lowest BCUT2D eigenvalue weighted by Crippen LogP contribution is -2.12. The molecular formula is C15H16BrN3O2. The number of nitrogens with zero attached hydrogens (tertiary/aromatic N) is 1. The Bertz CT molecular complexity index is 629. The number of nitrogen functional groups attached to an aromatic ring is 1. The fourth-order valence-electron chi connectivity index (χ4n) is 1.77. The zero-order valence-electron chi connectivity index (χ0n) is 11.6. The van der Waals surface area contributed by atoms with Gasteiger partial charge in [0, 0.05) is 11.0 Å². The lowest BCUT2D eigenvalue weighted by Gasteiger charge is -2.11. The third-order valence-electron chi connectivity index (χ3n) is 2.78. The predicted molar refractivity (Wildman–Crippen MR) is 86.1 cm³/mol. The SMILES string of the molecule is CCOC(=O)c1cc(N)cnc1NCc1ccc(Br)cc1. The van der Waals surface area contributed by atoms with Crippen molar-refractivity contribution >= 4 is 33.4 Å². The lowest BCUT2D eigenvalue weighted by molar-refractivity contribution is 0.0527. The van der Waals surface area contributed by atoms with Gasteiger partial charge in [-0.15, -0.1) is 0 Å². The summed E-state index contributed by atoms with van der Waals surface area (Å²) in [6.45, 7) is 2.61. The number of anilines is 2. The number of hydrogen-bond acceptors (Lipinski definition) is 5. The minimum absolute atomic E-state index is 0.305. The fraction of sp³-hybridized carbons (Fsp3) is 0.200. The van der Waals surface area contributed by atoms with E-state index in [1.165, 1.54) is 6.20 Å². The van der Waals surface area contributed by atoms with Gasteiger partial charge in [0.25, 0.3) is 0 Å². The molecule has 0 aliphatic carbocycles. The second kappa shape index (κ2) is 7.08. The van der Waals surface area contributed by atoms with E-state index in [1.54, 1.807) is 13.0 Å². The van der Waals surface area contributed by atoms with Crippen LogP contribution in [0.15, 0.2) is 41.0 Å². The number of nitrogens with two attached hydrogens (primary N) is 1. The first kappa shape index (κ1) is 15.3. The molecule has 2 rings (SSSR count). The molecule has 1 aromatic heterocycles. The molecule has 0 atom stereocenters. The van der Waals surface area contributed by atoms with Crippen molar-refractivity contribution in [2.45, 2.75) is 13.5 Å². The summed E-state index contributed by atoms with van der Waals surface area (Å²) in [5, 5.41) is 3.13. The topological polar surface area (TPSA) is 77.2 Å². The van der Waals surface area contributed by atoms with E-state index in [0.717, 1.165) is 10.0 Å². The van der Waals surface area contributed by atoms with Gasteiger partial charge in [0.05, 0.1) is 18.5 Å². The maximum absolute atomic E-state index is 11.9. The molecule has 1 heterocycles. The molecule has 0 spiro atoms. The van der Waals surface area contributed by atoms with E-state index < -0.39 is 5.97 Å². The predicted octanol–water partition coefficient (Wildman–Crippen LogP) is 3.22. The van der Waals surface area contributed by atoms with Crippen LogP contribution < -0.4 is 11.1 Å². The van der Waals surface area contributed by atoms with Crippen LogP contribution in [0.25, 0.3) is 0 Å². The molecule has 0 unspecified atom stereocenters. The lowest BCUT2D eigenvalue weighted by atomic mass is 10.2. The van der Waals surface area contributed by atoms with Gasteiger partial charge in [-0.25, -0.2) is 9.78 Å². The summed E-state index contributed by atoms with van der Waals surface area (Å²) in [6, 6.07) is 9.45. The number of rotatable bonds is 5. The maximum Gasteiger partial charge on any atom is 0.341 e. The Labute approximate surface area is 131 Å². The number of hydrogen-bond donors (Lipinski definition) is 2. The molecule has 0 radical (unpaired) electrons. The van der Waals surface area contributed by atoms with Gasteiger partial charge in [-0.1, -0.05) is 28.1 Å². The Kier molecular flexibility index (Phi) is 5.16. The van der Waals surface area contributed by atoms with Gasteiger partial charge in [0.15, 0.2) is 0 Å². The van der Waals surface area contributed by atoms with Crippen molar-refractivity contribution in [3.63, 3.8) is 0 Å². The van der Waals surface area contributed by atoms with E-state index in [9.17, 15) is 4.79 Å². The van der Waals surface area contributed by atoms with Crippen LogP contribution in [0.4, 0.5) is 11.5 Å². The number of ether oxygens (including phenoxy) is 1. The molecule has 0 amide bonds. The average Bonchev–Trinajstić information content (AvgIpc) is 2.48. The van der Waals surface area contributed by atoms with Crippen molar-refractivity contribution in [1.29, 1.82) is 0 Å². The molecule has 0 aliphatic heterocycles. The van der Waals surface area contributed by atoms with Crippen LogP contribution >= 0.6 is 15.9 Å². The van der Waals surface area contributed by atoms with Gasteiger partial charge in [0.1, 0.15) is 11.4 Å². The monoisotopic (exact) mass is 349 g/mol. The first-order valence-corrected chi connectivity index (χ1v) is 7.30. The van der Waals surface area contributed by atoms with E-state index in [0.29, 0.717) is 30.2 Å². The van der Waals surface area contributed by atoms with Gasteiger partial charge in [-0.2, -0.15) is 0 Å². The van der Waals surface area contributed by atoms with Gasteiger partial charge >= 0.3 is 5.97 Å². The number of pyridine rings is 1. The summed E-state index contributed by atoms with van der Waals surface area (Å²) in [6.07, 6.45) is 1.51. The quantitative estimate of drug-likeness (QED) is 0.810. The minimum atomic E-state index is -0.435. The van der Waals surface area contributed by atoms with Crippen LogP contribution in [0.1, 0.15) is 22.8 Å². The Hall–Kier alpha value is -2.08. The number of nitrogens with one attached hydrogen (secondary N) is 1. The largest absolute Gasteiger partial charge is 0.462 e. The van der Waals surface area contributed by atoms with Crippen LogP contribution in [0, 0.1) is 0 Å². The molecule has 0 bridgehead atoms. The van der Waals surface area contributed by atoms with Crippen LogP contribution in [-0.4, -0.2) is 17.6 Å². The number of carbonyl (C=O) groups is 1. The smallest absolute Gasteiger partial charge is 0.341 e. The summed E-state index contributed by atoms with van der Waals surface area (Å²) < 4.78 is 6.03. The molecule has 0 saturated heterocycles. The third kappa shape index (κ3) is 4.19. The first-order valence-electron chi connectivity index (χ1n) is 6.51. The van der Waals surface area contributed by atoms with Crippen LogP contribution in [0.3, 0.4) is 0 Å². The Morgan fingerprint density at radius 3 is 2.76 bits per heavy atom. The molecule has 0 fully saturated rings. The second-order valence-corrected chi connectivity index (χ2v) is 5.28. The molecule has 1 aromatic carbocycles. The summed E-state index contributed by atoms with van der Waals surface area (Å²) in [7, 11) is 0. The highest BCUT2D eigenvalue weighted by atomic mass is 79.9. The second-order valence-electron chi connectivity index (χ2n) is 4.37. The van der Waals surface area contributed by atoms with E-state index in [2.05, 4.69) is 26.2 Å². The van der Waals surface area contributed by atoms with Gasteiger partial charge in [-0.3, -0.25) is 0 Å². The Morgan fingerprint density at radius 1 is 1.38 bits per heavy atom. The minimum Gasteiger partial charge on any atom is -0.462 e. The zero-order valence-corrected chi connectivity index (χ0v) is 13.2. The van der Waals surface area contributed by atoms with E-state index in [4.69, 9.17) is 10.5 Å². The van der Waals surface area contributed by atoms with Crippen molar-refractivity contribution in [2.75, 3.05) is 17.7 Å². The molecular weight excluding hydrogens is 334 g/mol. The molecule has 5 nitrogen and oxygen atoms in total. The van der Waals surface area contributed by atoms with Crippen molar-refractivity contribution in [3.05, 3.63) is 52.1 Å². The summed E-state index contributed by atoms with van der Waals surface area (Å²) in [5.74, 6) is 0.0289.